The van der Waals surface area contributed by atoms with Gasteiger partial charge in [0.05, 0.1) is 5.92 Å². The van der Waals surface area contributed by atoms with Gasteiger partial charge in [0.1, 0.15) is 0 Å². The highest BCUT2D eigenvalue weighted by Crippen LogP contribution is 2.36. The van der Waals surface area contributed by atoms with E-state index in [2.05, 4.69) is 0 Å². The molecule has 19 heavy (non-hydrogen) atoms. The minimum atomic E-state index is -0.874. The van der Waals surface area contributed by atoms with Crippen molar-refractivity contribution in [2.45, 2.75) is 26.7 Å². The molecule has 0 fully saturated rings. The average molecular weight is 258 g/mol. The summed E-state index contributed by atoms with van der Waals surface area (Å²) in [5.74, 6) is -1.97. The molecule has 100 valence electrons. The Morgan fingerprint density at radius 1 is 1.00 bits per heavy atom. The first-order chi connectivity index (χ1) is 9.00. The molecule has 0 amide bonds. The zero-order chi connectivity index (χ0) is 14.0. The predicted molar refractivity (Wildman–Crippen MR) is 73.0 cm³/mol. The lowest BCUT2D eigenvalue weighted by Crippen LogP contribution is -2.33. The van der Waals surface area contributed by atoms with Gasteiger partial charge in [0.15, 0.2) is 5.78 Å². The Hall–Kier alpha value is -1.90. The van der Waals surface area contributed by atoms with Gasteiger partial charge in [-0.1, -0.05) is 41.5 Å². The van der Waals surface area contributed by atoms with Gasteiger partial charge in [-0.15, -0.1) is 0 Å². The monoisotopic (exact) mass is 258 g/mol. The summed E-state index contributed by atoms with van der Waals surface area (Å²) in [5, 5.41) is 9.33. The molecule has 3 nitrogen and oxygen atoms in total. The van der Waals surface area contributed by atoms with E-state index in [1.807, 2.05) is 19.9 Å². The molecule has 3 heteroatoms. The van der Waals surface area contributed by atoms with Gasteiger partial charge in [-0.3, -0.25) is 9.59 Å². The molecule has 0 radical (unpaired) electrons. The Morgan fingerprint density at radius 2 is 1.53 bits per heavy atom. The van der Waals surface area contributed by atoms with Gasteiger partial charge in [-0.2, -0.15) is 0 Å². The van der Waals surface area contributed by atoms with Crippen LogP contribution < -0.4 is 0 Å². The van der Waals surface area contributed by atoms with E-state index in [4.69, 9.17) is 0 Å². The number of Topliss-reactive ketones (excluding diaryl/α,β-unsaturated/α-hetero) is 1. The standard InChI is InChI=1S/C16H18O3/c1-10-8-13(14(16(18)19)9-11(10)2)15(17)12-6-4-3-5-7-12/h3-7,13-14H,8-9H2,1-2H3,(H,18,19)/t13-,14-/m1/s1. The molecule has 1 N–H and O–H groups in total. The van der Waals surface area contributed by atoms with Gasteiger partial charge in [0.25, 0.3) is 0 Å². The summed E-state index contributed by atoms with van der Waals surface area (Å²) in [4.78, 5) is 23.9. The van der Waals surface area contributed by atoms with Crippen molar-refractivity contribution in [3.05, 3.63) is 47.0 Å². The van der Waals surface area contributed by atoms with Gasteiger partial charge >= 0.3 is 5.97 Å². The number of carboxylic acid groups (broad SMARTS) is 1. The number of aliphatic carboxylic acids is 1. The van der Waals surface area contributed by atoms with E-state index in [1.54, 1.807) is 24.3 Å². The van der Waals surface area contributed by atoms with Crippen molar-refractivity contribution < 1.29 is 14.7 Å². The molecule has 0 saturated heterocycles. The fourth-order valence-corrected chi connectivity index (χ4v) is 2.64. The van der Waals surface area contributed by atoms with Crippen LogP contribution in [-0.2, 0) is 4.79 Å². The average Bonchev–Trinajstić information content (AvgIpc) is 2.41. The third-order valence-electron chi connectivity index (χ3n) is 3.98. The fourth-order valence-electron chi connectivity index (χ4n) is 2.64. The maximum absolute atomic E-state index is 12.5. The van der Waals surface area contributed by atoms with Crippen LogP contribution in [0, 0.1) is 11.8 Å². The molecule has 1 aliphatic carbocycles. The number of benzene rings is 1. The number of allylic oxidation sites excluding steroid dienone is 2. The molecule has 1 aliphatic rings. The summed E-state index contributed by atoms with van der Waals surface area (Å²) >= 11 is 0. The van der Waals surface area contributed by atoms with E-state index in [0.717, 1.165) is 11.1 Å². The van der Waals surface area contributed by atoms with Crippen LogP contribution in [0.4, 0.5) is 0 Å². The van der Waals surface area contributed by atoms with Crippen LogP contribution >= 0.6 is 0 Å². The zero-order valence-electron chi connectivity index (χ0n) is 11.2. The summed E-state index contributed by atoms with van der Waals surface area (Å²) in [6.45, 7) is 3.94. The molecular weight excluding hydrogens is 240 g/mol. The van der Waals surface area contributed by atoms with Crippen LogP contribution in [0.5, 0.6) is 0 Å². The lowest BCUT2D eigenvalue weighted by molar-refractivity contribution is -0.143. The number of hydrogen-bond acceptors (Lipinski definition) is 2. The van der Waals surface area contributed by atoms with E-state index in [-0.39, 0.29) is 5.78 Å². The fraction of sp³-hybridized carbons (Fsp3) is 0.375. The van der Waals surface area contributed by atoms with Gasteiger partial charge in [0, 0.05) is 11.5 Å². The highest BCUT2D eigenvalue weighted by molar-refractivity contribution is 6.00. The summed E-state index contributed by atoms with van der Waals surface area (Å²) in [6, 6.07) is 8.96. The smallest absolute Gasteiger partial charge is 0.307 e. The van der Waals surface area contributed by atoms with E-state index in [9.17, 15) is 14.7 Å². The molecule has 2 atom stereocenters. The second-order valence-corrected chi connectivity index (χ2v) is 5.25. The Balaban J connectivity index is 2.31. The molecule has 0 saturated carbocycles. The van der Waals surface area contributed by atoms with Crippen LogP contribution in [0.3, 0.4) is 0 Å². The van der Waals surface area contributed by atoms with Crippen LogP contribution in [0.25, 0.3) is 0 Å². The second-order valence-electron chi connectivity index (χ2n) is 5.25. The maximum Gasteiger partial charge on any atom is 0.307 e. The normalized spacial score (nSPS) is 23.3. The largest absolute Gasteiger partial charge is 0.481 e. The lowest BCUT2D eigenvalue weighted by atomic mass is 9.73. The molecule has 0 aliphatic heterocycles. The van der Waals surface area contributed by atoms with E-state index < -0.39 is 17.8 Å². The highest BCUT2D eigenvalue weighted by Gasteiger charge is 2.37. The summed E-state index contributed by atoms with van der Waals surface area (Å²) < 4.78 is 0. The third-order valence-corrected chi connectivity index (χ3v) is 3.98. The second kappa shape index (κ2) is 5.39. The molecular formula is C16H18O3. The van der Waals surface area contributed by atoms with Gasteiger partial charge in [0.2, 0.25) is 0 Å². The van der Waals surface area contributed by atoms with Crippen LogP contribution in [0.2, 0.25) is 0 Å². The number of hydrogen-bond donors (Lipinski definition) is 1. The summed E-state index contributed by atoms with van der Waals surface area (Å²) in [6.07, 6.45) is 1.03. The Morgan fingerprint density at radius 3 is 2.05 bits per heavy atom. The first-order valence-electron chi connectivity index (χ1n) is 6.48. The minimum Gasteiger partial charge on any atom is -0.481 e. The highest BCUT2D eigenvalue weighted by atomic mass is 16.4. The third kappa shape index (κ3) is 2.75. The molecule has 1 aromatic carbocycles. The molecule has 0 aromatic heterocycles. The predicted octanol–water partition coefficient (Wildman–Crippen LogP) is 3.32. The van der Waals surface area contributed by atoms with Crippen molar-refractivity contribution in [2.75, 3.05) is 0 Å². The molecule has 0 unspecified atom stereocenters. The van der Waals surface area contributed by atoms with Gasteiger partial charge in [-0.25, -0.2) is 0 Å². The number of ketones is 1. The molecule has 2 rings (SSSR count). The van der Waals surface area contributed by atoms with Crippen molar-refractivity contribution >= 4 is 11.8 Å². The molecule has 0 spiro atoms. The molecule has 1 aromatic rings. The lowest BCUT2D eigenvalue weighted by Gasteiger charge is -2.29. The van der Waals surface area contributed by atoms with Crippen molar-refractivity contribution in [3.63, 3.8) is 0 Å². The van der Waals surface area contributed by atoms with E-state index in [1.165, 1.54) is 0 Å². The molecule has 0 heterocycles. The Kier molecular flexibility index (Phi) is 3.84. The van der Waals surface area contributed by atoms with Crippen molar-refractivity contribution in [2.24, 2.45) is 11.8 Å². The SMILES string of the molecule is CC1=C(C)C[C@@H](C(=O)c2ccccc2)[C@H](C(=O)O)C1. The quantitative estimate of drug-likeness (QED) is 0.668. The van der Waals surface area contributed by atoms with Crippen molar-refractivity contribution in [1.29, 1.82) is 0 Å². The number of carbonyl (C=O) groups is 2. The van der Waals surface area contributed by atoms with Crippen molar-refractivity contribution in [3.8, 4) is 0 Å². The zero-order valence-corrected chi connectivity index (χ0v) is 11.2. The molecule has 0 bridgehead atoms. The first-order valence-corrected chi connectivity index (χ1v) is 6.48. The van der Waals surface area contributed by atoms with E-state index in [0.29, 0.717) is 18.4 Å². The number of carboxylic acids is 1. The van der Waals surface area contributed by atoms with Gasteiger partial charge in [-0.05, 0) is 26.7 Å². The topological polar surface area (TPSA) is 54.4 Å². The Bertz CT molecular complexity index is 528. The number of carbonyl (C=O) groups excluding carboxylic acids is 1. The minimum absolute atomic E-state index is 0.0557. The summed E-state index contributed by atoms with van der Waals surface area (Å²) in [5.41, 5.74) is 2.85. The van der Waals surface area contributed by atoms with Crippen LogP contribution in [0.15, 0.2) is 41.5 Å². The Labute approximate surface area is 113 Å². The first kappa shape index (κ1) is 13.5. The summed E-state index contributed by atoms with van der Waals surface area (Å²) in [7, 11) is 0. The van der Waals surface area contributed by atoms with E-state index >= 15 is 0 Å². The van der Waals surface area contributed by atoms with Crippen molar-refractivity contribution in [1.82, 2.24) is 0 Å². The van der Waals surface area contributed by atoms with Crippen LogP contribution in [-0.4, -0.2) is 16.9 Å². The number of rotatable bonds is 3. The van der Waals surface area contributed by atoms with Gasteiger partial charge < -0.3 is 5.11 Å². The van der Waals surface area contributed by atoms with Crippen LogP contribution in [0.1, 0.15) is 37.0 Å². The maximum atomic E-state index is 12.5.